The number of hydrogen-bond donors (Lipinski definition) is 1. The molecule has 1 atom stereocenters. The van der Waals surface area contributed by atoms with Gasteiger partial charge in [0.05, 0.1) is 17.4 Å². The molecule has 0 aliphatic carbocycles. The zero-order chi connectivity index (χ0) is 13.9. The Morgan fingerprint density at radius 1 is 1.33 bits per heavy atom. The average Bonchev–Trinajstić information content (AvgIpc) is 2.20. The standard InChI is InChI=1S/C11H15Cl2NO3S/c1-3-17-11-5-8(12)7(4-9(11)13)10(14)6-18(2,15)16/h4-5,10H,3,6,14H2,1-2H3. The molecule has 1 unspecified atom stereocenters. The Bertz CT molecular complexity index is 531. The van der Waals surface area contributed by atoms with Gasteiger partial charge in [-0.2, -0.15) is 0 Å². The van der Waals surface area contributed by atoms with Gasteiger partial charge in [0.2, 0.25) is 0 Å². The molecule has 0 fully saturated rings. The quantitative estimate of drug-likeness (QED) is 0.906. The number of ether oxygens (including phenoxy) is 1. The van der Waals surface area contributed by atoms with Crippen LogP contribution in [0.15, 0.2) is 12.1 Å². The number of rotatable bonds is 5. The maximum atomic E-state index is 11.2. The van der Waals surface area contributed by atoms with Crippen molar-refractivity contribution in [1.82, 2.24) is 0 Å². The van der Waals surface area contributed by atoms with E-state index in [4.69, 9.17) is 33.7 Å². The second-order valence-corrected chi connectivity index (χ2v) is 6.94. The van der Waals surface area contributed by atoms with E-state index in [1.807, 2.05) is 6.92 Å². The van der Waals surface area contributed by atoms with Gasteiger partial charge in [0.15, 0.2) is 0 Å². The van der Waals surface area contributed by atoms with Gasteiger partial charge in [-0.3, -0.25) is 0 Å². The third-order valence-electron chi connectivity index (χ3n) is 2.23. The minimum Gasteiger partial charge on any atom is -0.492 e. The summed E-state index contributed by atoms with van der Waals surface area (Å²) in [6.07, 6.45) is 1.12. The SMILES string of the molecule is CCOc1cc(Cl)c(C(N)CS(C)(=O)=O)cc1Cl. The molecule has 18 heavy (non-hydrogen) atoms. The molecule has 0 saturated carbocycles. The number of sulfone groups is 1. The zero-order valence-corrected chi connectivity index (χ0v) is 12.4. The van der Waals surface area contributed by atoms with E-state index in [0.717, 1.165) is 6.26 Å². The van der Waals surface area contributed by atoms with Crippen LogP contribution in [0.3, 0.4) is 0 Å². The van der Waals surface area contributed by atoms with Crippen LogP contribution in [0.5, 0.6) is 5.75 Å². The van der Waals surface area contributed by atoms with Gasteiger partial charge in [0.1, 0.15) is 15.6 Å². The summed E-state index contributed by atoms with van der Waals surface area (Å²) in [6.45, 7) is 2.29. The van der Waals surface area contributed by atoms with Crippen molar-refractivity contribution in [3.8, 4) is 5.75 Å². The lowest BCUT2D eigenvalue weighted by atomic mass is 10.1. The highest BCUT2D eigenvalue weighted by Gasteiger charge is 2.18. The second-order valence-electron chi connectivity index (χ2n) is 3.94. The Labute approximate surface area is 117 Å². The largest absolute Gasteiger partial charge is 0.492 e. The lowest BCUT2D eigenvalue weighted by Gasteiger charge is -2.15. The van der Waals surface area contributed by atoms with Gasteiger partial charge in [-0.15, -0.1) is 0 Å². The van der Waals surface area contributed by atoms with Crippen molar-refractivity contribution in [3.63, 3.8) is 0 Å². The summed E-state index contributed by atoms with van der Waals surface area (Å²) in [5.41, 5.74) is 6.31. The fraction of sp³-hybridized carbons (Fsp3) is 0.455. The summed E-state index contributed by atoms with van der Waals surface area (Å²) in [7, 11) is -3.18. The maximum Gasteiger partial charge on any atom is 0.149 e. The summed E-state index contributed by atoms with van der Waals surface area (Å²) < 4.78 is 27.7. The summed E-state index contributed by atoms with van der Waals surface area (Å²) in [5.74, 6) is 0.274. The van der Waals surface area contributed by atoms with Crippen LogP contribution in [0, 0.1) is 0 Å². The van der Waals surface area contributed by atoms with Crippen molar-refractivity contribution in [2.45, 2.75) is 13.0 Å². The first-order chi connectivity index (χ1) is 8.24. The van der Waals surface area contributed by atoms with Crippen LogP contribution in [0.4, 0.5) is 0 Å². The predicted octanol–water partition coefficient (Wildman–Crippen LogP) is 2.44. The minimum absolute atomic E-state index is 0.184. The maximum absolute atomic E-state index is 11.2. The van der Waals surface area contributed by atoms with E-state index < -0.39 is 15.9 Å². The summed E-state index contributed by atoms with van der Waals surface area (Å²) in [6, 6.07) is 2.39. The molecule has 7 heteroatoms. The highest BCUT2D eigenvalue weighted by Crippen LogP contribution is 2.33. The molecule has 1 aromatic carbocycles. The van der Waals surface area contributed by atoms with Crippen LogP contribution in [0.2, 0.25) is 10.0 Å². The van der Waals surface area contributed by atoms with Crippen LogP contribution >= 0.6 is 23.2 Å². The van der Waals surface area contributed by atoms with Crippen molar-refractivity contribution in [2.24, 2.45) is 5.73 Å². The summed E-state index contributed by atoms with van der Waals surface area (Å²) in [5, 5.41) is 0.708. The van der Waals surface area contributed by atoms with Crippen LogP contribution < -0.4 is 10.5 Å². The molecule has 0 spiro atoms. The summed E-state index contributed by atoms with van der Waals surface area (Å²) >= 11 is 12.1. The van der Waals surface area contributed by atoms with E-state index in [1.54, 1.807) is 12.1 Å². The van der Waals surface area contributed by atoms with E-state index >= 15 is 0 Å². The Balaban J connectivity index is 3.07. The van der Waals surface area contributed by atoms with Crippen LogP contribution in [-0.2, 0) is 9.84 Å². The van der Waals surface area contributed by atoms with E-state index in [-0.39, 0.29) is 5.75 Å². The van der Waals surface area contributed by atoms with Crippen molar-refractivity contribution in [2.75, 3.05) is 18.6 Å². The number of benzene rings is 1. The first-order valence-electron chi connectivity index (χ1n) is 5.29. The van der Waals surface area contributed by atoms with E-state index in [0.29, 0.717) is 28.0 Å². The lowest BCUT2D eigenvalue weighted by molar-refractivity contribution is 0.340. The molecule has 0 radical (unpaired) electrons. The fourth-order valence-corrected chi connectivity index (χ4v) is 2.86. The molecule has 0 saturated heterocycles. The van der Waals surface area contributed by atoms with E-state index in [1.165, 1.54) is 0 Å². The molecule has 4 nitrogen and oxygen atoms in total. The highest BCUT2D eigenvalue weighted by atomic mass is 35.5. The van der Waals surface area contributed by atoms with Crippen molar-refractivity contribution in [1.29, 1.82) is 0 Å². The molecule has 0 amide bonds. The molecule has 102 valence electrons. The van der Waals surface area contributed by atoms with Crippen LogP contribution in [0.25, 0.3) is 0 Å². The smallest absolute Gasteiger partial charge is 0.149 e. The number of nitrogens with two attached hydrogens (primary N) is 1. The lowest BCUT2D eigenvalue weighted by Crippen LogP contribution is -2.21. The number of hydrogen-bond acceptors (Lipinski definition) is 4. The van der Waals surface area contributed by atoms with Crippen LogP contribution in [-0.4, -0.2) is 27.0 Å². The Morgan fingerprint density at radius 3 is 2.44 bits per heavy atom. The fourth-order valence-electron chi connectivity index (χ4n) is 1.51. The number of halogens is 2. The van der Waals surface area contributed by atoms with Gasteiger partial charge in [0.25, 0.3) is 0 Å². The predicted molar refractivity (Wildman–Crippen MR) is 74.3 cm³/mol. The first kappa shape index (κ1) is 15.6. The van der Waals surface area contributed by atoms with Crippen molar-refractivity contribution in [3.05, 3.63) is 27.7 Å². The van der Waals surface area contributed by atoms with Crippen LogP contribution in [0.1, 0.15) is 18.5 Å². The molecule has 0 aliphatic rings. The van der Waals surface area contributed by atoms with Gasteiger partial charge in [0, 0.05) is 23.4 Å². The van der Waals surface area contributed by atoms with Crippen molar-refractivity contribution < 1.29 is 13.2 Å². The average molecular weight is 312 g/mol. The van der Waals surface area contributed by atoms with Gasteiger partial charge >= 0.3 is 0 Å². The van der Waals surface area contributed by atoms with E-state index in [9.17, 15) is 8.42 Å². The Hall–Kier alpha value is -0.490. The minimum atomic E-state index is -3.18. The third kappa shape index (κ3) is 4.31. The molecule has 1 aromatic rings. The second kappa shape index (κ2) is 6.10. The molecule has 2 N–H and O–H groups in total. The molecular formula is C11H15Cl2NO3S. The zero-order valence-electron chi connectivity index (χ0n) is 10.1. The molecule has 1 rings (SSSR count). The molecule has 0 aliphatic heterocycles. The molecule has 0 aromatic heterocycles. The van der Waals surface area contributed by atoms with Gasteiger partial charge in [-0.05, 0) is 18.6 Å². The van der Waals surface area contributed by atoms with Crippen molar-refractivity contribution >= 4 is 33.0 Å². The monoisotopic (exact) mass is 311 g/mol. The molecular weight excluding hydrogens is 297 g/mol. The first-order valence-corrected chi connectivity index (χ1v) is 8.11. The molecule has 0 heterocycles. The van der Waals surface area contributed by atoms with Gasteiger partial charge in [-0.25, -0.2) is 8.42 Å². The normalized spacial score (nSPS) is 13.4. The Morgan fingerprint density at radius 2 is 1.94 bits per heavy atom. The van der Waals surface area contributed by atoms with Gasteiger partial charge < -0.3 is 10.5 Å². The Kier molecular flexibility index (Phi) is 5.28. The van der Waals surface area contributed by atoms with E-state index in [2.05, 4.69) is 0 Å². The topological polar surface area (TPSA) is 69.4 Å². The third-order valence-corrected chi connectivity index (χ3v) is 3.82. The summed E-state index contributed by atoms with van der Waals surface area (Å²) in [4.78, 5) is 0. The molecule has 0 bridgehead atoms. The highest BCUT2D eigenvalue weighted by molar-refractivity contribution is 7.90. The van der Waals surface area contributed by atoms with Gasteiger partial charge in [-0.1, -0.05) is 23.2 Å².